The van der Waals surface area contributed by atoms with Crippen LogP contribution in [0.3, 0.4) is 0 Å². The molecule has 0 aliphatic heterocycles. The van der Waals surface area contributed by atoms with Crippen molar-refractivity contribution in [1.29, 1.82) is 0 Å². The zero-order chi connectivity index (χ0) is 19.8. The number of nitrogens with one attached hydrogen (secondary N) is 1. The van der Waals surface area contributed by atoms with Gasteiger partial charge in [-0.1, -0.05) is 0 Å². The van der Waals surface area contributed by atoms with Gasteiger partial charge in [0, 0.05) is 44.9 Å². The summed E-state index contributed by atoms with van der Waals surface area (Å²) in [6.45, 7) is 4.17. The molecule has 0 saturated heterocycles. The van der Waals surface area contributed by atoms with Crippen LogP contribution in [0.1, 0.15) is 30.2 Å². The van der Waals surface area contributed by atoms with E-state index in [0.29, 0.717) is 17.3 Å². The van der Waals surface area contributed by atoms with Gasteiger partial charge in [0.2, 0.25) is 0 Å². The van der Waals surface area contributed by atoms with Gasteiger partial charge in [-0.2, -0.15) is 0 Å². The second kappa shape index (κ2) is 7.48. The third kappa shape index (κ3) is 4.59. The Hall–Kier alpha value is -2.12. The first-order valence-corrected chi connectivity index (χ1v) is 9.28. The topological polar surface area (TPSA) is 43.3 Å². The number of fused-ring (bicyclic) bond motifs is 1. The second-order valence-electron chi connectivity index (χ2n) is 6.24. The zero-order valence-electron chi connectivity index (χ0n) is 14.5. The van der Waals surface area contributed by atoms with Crippen molar-refractivity contribution in [1.82, 2.24) is 4.57 Å². The first-order valence-electron chi connectivity index (χ1n) is 8.11. The normalized spacial score (nSPS) is 11.8. The van der Waals surface area contributed by atoms with Crippen molar-refractivity contribution in [2.75, 3.05) is 5.32 Å². The Labute approximate surface area is 168 Å². The first kappa shape index (κ1) is 19.6. The van der Waals surface area contributed by atoms with Crippen LogP contribution in [-0.4, -0.2) is 16.0 Å². The Morgan fingerprint density at radius 1 is 1.22 bits per heavy atom. The van der Waals surface area contributed by atoms with E-state index in [-0.39, 0.29) is 11.7 Å². The maximum absolute atomic E-state index is 12.6. The lowest BCUT2D eigenvalue weighted by Gasteiger charge is -2.12. The summed E-state index contributed by atoms with van der Waals surface area (Å²) in [6, 6.07) is 11.3. The molecule has 0 radical (unpaired) electrons. The number of hydrogen-bond acceptors (Lipinski definition) is 2. The summed E-state index contributed by atoms with van der Waals surface area (Å²) in [6.07, 6.45) is 1.98. The highest BCUT2D eigenvalue weighted by molar-refractivity contribution is 9.10. The quantitative estimate of drug-likeness (QED) is 0.450. The van der Waals surface area contributed by atoms with E-state index in [1.165, 1.54) is 24.3 Å². The number of halogens is 4. The molecule has 27 heavy (non-hydrogen) atoms. The average molecular weight is 458 g/mol. The smallest absolute Gasteiger partial charge is 0.420 e. The number of hydrogen-bond donors (Lipinski definition) is 1. The Balaban J connectivity index is 1.80. The molecule has 142 valence electrons. The molecule has 0 saturated carbocycles. The molecule has 1 amide bonds. The predicted octanol–water partition coefficient (Wildman–Crippen LogP) is 6.40. The molecule has 0 fully saturated rings. The van der Waals surface area contributed by atoms with Crippen molar-refractivity contribution in [2.24, 2.45) is 0 Å². The van der Waals surface area contributed by atoms with Gasteiger partial charge < -0.3 is 14.6 Å². The highest BCUT2D eigenvalue weighted by Crippen LogP contribution is 2.30. The third-order valence-electron chi connectivity index (χ3n) is 3.93. The van der Waals surface area contributed by atoms with Crippen LogP contribution in [0.4, 0.5) is 14.5 Å². The number of anilines is 1. The number of amides is 1. The van der Waals surface area contributed by atoms with Gasteiger partial charge >= 0.3 is 5.57 Å². The number of ether oxygens (including phenoxy) is 1. The van der Waals surface area contributed by atoms with Crippen molar-refractivity contribution in [3.8, 4) is 5.75 Å². The fourth-order valence-electron chi connectivity index (χ4n) is 2.76. The van der Waals surface area contributed by atoms with E-state index in [1.54, 1.807) is 12.1 Å². The minimum atomic E-state index is -3.78. The summed E-state index contributed by atoms with van der Waals surface area (Å²) < 4.78 is 32.4. The molecule has 0 atom stereocenters. The van der Waals surface area contributed by atoms with Gasteiger partial charge in [0.25, 0.3) is 5.91 Å². The van der Waals surface area contributed by atoms with Gasteiger partial charge in [-0.05, 0) is 72.2 Å². The Bertz CT molecular complexity index is 982. The van der Waals surface area contributed by atoms with Crippen LogP contribution in [-0.2, 0) is 0 Å². The van der Waals surface area contributed by atoms with Gasteiger partial charge in [0.05, 0.1) is 5.52 Å². The van der Waals surface area contributed by atoms with Crippen LogP contribution in [0.25, 0.3) is 10.9 Å². The Kier molecular flexibility index (Phi) is 5.44. The van der Waals surface area contributed by atoms with Crippen LogP contribution in [0, 0.1) is 0 Å². The number of aromatic nitrogens is 1. The minimum Gasteiger partial charge on any atom is -0.420 e. The molecule has 1 N–H and O–H groups in total. The van der Waals surface area contributed by atoms with Gasteiger partial charge in [0.15, 0.2) is 0 Å². The highest BCUT2D eigenvalue weighted by Gasteiger charge is 2.27. The van der Waals surface area contributed by atoms with E-state index in [9.17, 15) is 13.6 Å². The zero-order valence-corrected chi connectivity index (χ0v) is 16.8. The fraction of sp³-hybridized carbons (Fsp3) is 0.211. The first-order chi connectivity index (χ1) is 12.6. The van der Waals surface area contributed by atoms with Gasteiger partial charge in [-0.25, -0.2) is 0 Å². The van der Waals surface area contributed by atoms with Gasteiger partial charge in [-0.15, -0.1) is 8.78 Å². The van der Waals surface area contributed by atoms with E-state index in [2.05, 4.69) is 44.4 Å². The molecule has 8 heteroatoms. The summed E-state index contributed by atoms with van der Waals surface area (Å²) in [5, 5.41) is 3.67. The van der Waals surface area contributed by atoms with E-state index in [0.717, 1.165) is 15.4 Å². The number of nitrogens with zero attached hydrogens (tertiary/aromatic N) is 1. The van der Waals surface area contributed by atoms with Crippen molar-refractivity contribution in [3.63, 3.8) is 0 Å². The monoisotopic (exact) mass is 456 g/mol. The highest BCUT2D eigenvalue weighted by atomic mass is 79.9. The third-order valence-corrected chi connectivity index (χ3v) is 4.61. The lowest BCUT2D eigenvalue weighted by atomic mass is 10.1. The number of carbonyl (C=O) groups excluding carboxylic acids is 1. The number of carbonyl (C=O) groups is 1. The molecule has 3 rings (SSSR count). The van der Waals surface area contributed by atoms with Crippen LogP contribution in [0.15, 0.2) is 53.1 Å². The molecule has 1 aromatic heterocycles. The minimum absolute atomic E-state index is 0.104. The summed E-state index contributed by atoms with van der Waals surface area (Å²) in [5.74, 6) is -0.418. The molecule has 3 aromatic rings. The van der Waals surface area contributed by atoms with Crippen LogP contribution >= 0.6 is 27.5 Å². The Morgan fingerprint density at radius 3 is 2.48 bits per heavy atom. The van der Waals surface area contributed by atoms with Crippen molar-refractivity contribution in [2.45, 2.75) is 25.5 Å². The number of alkyl halides is 3. The maximum atomic E-state index is 12.6. The van der Waals surface area contributed by atoms with Crippen molar-refractivity contribution < 1.29 is 18.3 Å². The molecule has 0 aliphatic rings. The molecule has 0 unspecified atom stereocenters. The van der Waals surface area contributed by atoms with Crippen LogP contribution < -0.4 is 10.1 Å². The molecule has 4 nitrogen and oxygen atoms in total. The molecule has 0 spiro atoms. The lowest BCUT2D eigenvalue weighted by Crippen LogP contribution is -2.15. The molecule has 0 aliphatic carbocycles. The average Bonchev–Trinajstić information content (AvgIpc) is 3.00. The lowest BCUT2D eigenvalue weighted by molar-refractivity contribution is -0.0964. The Morgan fingerprint density at radius 2 is 1.89 bits per heavy atom. The number of rotatable bonds is 5. The van der Waals surface area contributed by atoms with Crippen molar-refractivity contribution in [3.05, 3.63) is 58.7 Å². The molecule has 2 aromatic carbocycles. The summed E-state index contributed by atoms with van der Waals surface area (Å²) >= 11 is 8.26. The van der Waals surface area contributed by atoms with Crippen LogP contribution in [0.5, 0.6) is 5.75 Å². The summed E-state index contributed by atoms with van der Waals surface area (Å²) in [7, 11) is 0. The largest absolute Gasteiger partial charge is 0.487 e. The van der Waals surface area contributed by atoms with E-state index >= 15 is 0 Å². The fourth-order valence-corrected chi connectivity index (χ4v) is 3.53. The predicted molar refractivity (Wildman–Crippen MR) is 106 cm³/mol. The number of benzene rings is 2. The van der Waals surface area contributed by atoms with Crippen LogP contribution in [0.2, 0.25) is 0 Å². The molecular weight excluding hydrogens is 442 g/mol. The van der Waals surface area contributed by atoms with E-state index in [4.69, 9.17) is 11.6 Å². The van der Waals surface area contributed by atoms with Gasteiger partial charge in [0.1, 0.15) is 5.75 Å². The summed E-state index contributed by atoms with van der Waals surface area (Å²) in [4.78, 5) is 12.6. The molecular formula is C19H16BrClF2N2O2. The maximum Gasteiger partial charge on any atom is 0.487 e. The van der Waals surface area contributed by atoms with E-state index in [1.807, 2.05) is 12.3 Å². The van der Waals surface area contributed by atoms with E-state index < -0.39 is 5.57 Å². The molecule has 0 bridgehead atoms. The second-order valence-corrected chi connectivity index (χ2v) is 7.53. The SMILES string of the molecule is CC(C)n1ccc2cc(C(=O)Nc3ccc(OC(F)(F)Cl)cc3)cc(Br)c21. The summed E-state index contributed by atoms with van der Waals surface area (Å²) in [5.41, 5.74) is -1.84. The molecule has 1 heterocycles. The van der Waals surface area contributed by atoms with Gasteiger partial charge in [-0.3, -0.25) is 4.79 Å². The van der Waals surface area contributed by atoms with Crippen molar-refractivity contribution >= 4 is 50.0 Å². The standard InChI is InChI=1S/C19H16BrClF2N2O2/c1-11(2)25-8-7-12-9-13(10-16(20)17(12)25)18(26)24-14-3-5-15(6-4-14)27-19(21,22)23/h3-11H,1-2H3,(H,24,26).